The third-order valence-corrected chi connectivity index (χ3v) is 3.12. The third kappa shape index (κ3) is 2.98. The fourth-order valence-electron chi connectivity index (χ4n) is 2.20. The van der Waals surface area contributed by atoms with Gasteiger partial charge in [-0.05, 0) is 32.8 Å². The Kier molecular flexibility index (Phi) is 3.81. The fraction of sp³-hybridized carbons (Fsp3) is 0.538. The molecule has 2 unspecified atom stereocenters. The number of anilines is 1. The second-order valence-electron chi connectivity index (χ2n) is 4.72. The molecule has 5 nitrogen and oxygen atoms in total. The van der Waals surface area contributed by atoms with E-state index in [1.54, 1.807) is 6.07 Å². The minimum atomic E-state index is -0.954. The van der Waals surface area contributed by atoms with Gasteiger partial charge in [0, 0.05) is 24.5 Å². The lowest BCUT2D eigenvalue weighted by Crippen LogP contribution is -2.33. The third-order valence-electron chi connectivity index (χ3n) is 3.12. The van der Waals surface area contributed by atoms with Gasteiger partial charge in [0.1, 0.15) is 5.56 Å². The van der Waals surface area contributed by atoms with Gasteiger partial charge in [0.05, 0.1) is 11.8 Å². The number of carboxylic acid groups (broad SMARTS) is 1. The van der Waals surface area contributed by atoms with E-state index in [1.807, 2.05) is 13.8 Å². The zero-order chi connectivity index (χ0) is 13.1. The highest BCUT2D eigenvalue weighted by Gasteiger charge is 2.21. The van der Waals surface area contributed by atoms with Gasteiger partial charge >= 0.3 is 5.97 Å². The number of aromatic nitrogens is 1. The van der Waals surface area contributed by atoms with Crippen molar-refractivity contribution in [3.63, 3.8) is 0 Å². The van der Waals surface area contributed by atoms with Crippen molar-refractivity contribution < 1.29 is 14.6 Å². The van der Waals surface area contributed by atoms with Crippen LogP contribution in [0.2, 0.25) is 0 Å². The number of hydrogen-bond acceptors (Lipinski definition) is 4. The first kappa shape index (κ1) is 12.8. The smallest absolute Gasteiger partial charge is 0.339 e. The molecule has 0 spiro atoms. The van der Waals surface area contributed by atoms with E-state index in [-0.39, 0.29) is 17.7 Å². The monoisotopic (exact) mass is 250 g/mol. The van der Waals surface area contributed by atoms with Crippen molar-refractivity contribution in [2.75, 3.05) is 11.9 Å². The predicted octanol–water partition coefficient (Wildman–Crippen LogP) is 2.07. The van der Waals surface area contributed by atoms with Crippen molar-refractivity contribution in [3.8, 4) is 0 Å². The maximum atomic E-state index is 11.1. The van der Waals surface area contributed by atoms with E-state index < -0.39 is 5.97 Å². The zero-order valence-electron chi connectivity index (χ0n) is 10.6. The van der Waals surface area contributed by atoms with Gasteiger partial charge in [0.15, 0.2) is 0 Å². The van der Waals surface area contributed by atoms with E-state index in [9.17, 15) is 4.79 Å². The summed E-state index contributed by atoms with van der Waals surface area (Å²) in [5.74, 6) is -0.954. The van der Waals surface area contributed by atoms with Crippen LogP contribution in [0.4, 0.5) is 5.69 Å². The maximum Gasteiger partial charge on any atom is 0.339 e. The van der Waals surface area contributed by atoms with Gasteiger partial charge in [-0.1, -0.05) is 0 Å². The van der Waals surface area contributed by atoms with E-state index >= 15 is 0 Å². The summed E-state index contributed by atoms with van der Waals surface area (Å²) in [6.07, 6.45) is 3.40. The number of carbonyl (C=O) groups is 1. The zero-order valence-corrected chi connectivity index (χ0v) is 10.6. The lowest BCUT2D eigenvalue weighted by atomic mass is 10.0. The van der Waals surface area contributed by atoms with Crippen LogP contribution in [0.5, 0.6) is 0 Å². The van der Waals surface area contributed by atoms with Crippen LogP contribution in [0.15, 0.2) is 12.3 Å². The van der Waals surface area contributed by atoms with Crippen LogP contribution in [-0.4, -0.2) is 34.8 Å². The molecule has 1 aliphatic heterocycles. The molecule has 2 heterocycles. The van der Waals surface area contributed by atoms with Gasteiger partial charge in [-0.25, -0.2) is 4.79 Å². The molecule has 2 rings (SSSR count). The summed E-state index contributed by atoms with van der Waals surface area (Å²) in [6.45, 7) is 4.60. The Morgan fingerprint density at radius 3 is 3.06 bits per heavy atom. The summed E-state index contributed by atoms with van der Waals surface area (Å²) < 4.78 is 5.48. The Hall–Kier alpha value is -1.62. The molecule has 1 saturated heterocycles. The molecule has 5 heteroatoms. The average molecular weight is 250 g/mol. The van der Waals surface area contributed by atoms with Gasteiger partial charge in [0.2, 0.25) is 0 Å². The number of aryl methyl sites for hydroxylation is 1. The van der Waals surface area contributed by atoms with Crippen molar-refractivity contribution >= 4 is 11.7 Å². The van der Waals surface area contributed by atoms with Crippen LogP contribution in [0.25, 0.3) is 0 Å². The summed E-state index contributed by atoms with van der Waals surface area (Å²) in [7, 11) is 0. The molecule has 2 N–H and O–H groups in total. The number of rotatable bonds is 3. The lowest BCUT2D eigenvalue weighted by Gasteiger charge is -2.29. The summed E-state index contributed by atoms with van der Waals surface area (Å²) in [4.78, 5) is 15.2. The molecule has 1 aliphatic rings. The van der Waals surface area contributed by atoms with E-state index in [0.29, 0.717) is 12.3 Å². The number of ether oxygens (including phenoxy) is 1. The molecule has 0 amide bonds. The first-order valence-electron chi connectivity index (χ1n) is 6.14. The Labute approximate surface area is 106 Å². The van der Waals surface area contributed by atoms with E-state index in [1.165, 1.54) is 6.20 Å². The van der Waals surface area contributed by atoms with E-state index in [0.717, 1.165) is 18.5 Å². The number of nitrogens with one attached hydrogen (secondary N) is 1. The van der Waals surface area contributed by atoms with Crippen molar-refractivity contribution in [1.29, 1.82) is 0 Å². The minimum absolute atomic E-state index is 0.215. The fourth-order valence-corrected chi connectivity index (χ4v) is 2.20. The highest BCUT2D eigenvalue weighted by molar-refractivity contribution is 5.93. The first-order chi connectivity index (χ1) is 8.56. The highest BCUT2D eigenvalue weighted by Crippen LogP contribution is 2.22. The molecule has 0 bridgehead atoms. The van der Waals surface area contributed by atoms with Crippen LogP contribution in [0.3, 0.4) is 0 Å². The van der Waals surface area contributed by atoms with Gasteiger partial charge in [-0.15, -0.1) is 0 Å². The Balaban J connectivity index is 2.16. The summed E-state index contributed by atoms with van der Waals surface area (Å²) >= 11 is 0. The number of carboxylic acids is 1. The molecule has 1 aromatic rings. The molecular formula is C13H18N2O3. The van der Waals surface area contributed by atoms with Gasteiger partial charge in [-0.2, -0.15) is 0 Å². The Morgan fingerprint density at radius 2 is 2.39 bits per heavy atom. The molecular weight excluding hydrogens is 232 g/mol. The Bertz CT molecular complexity index is 448. The molecule has 18 heavy (non-hydrogen) atoms. The number of hydrogen-bond donors (Lipinski definition) is 2. The van der Waals surface area contributed by atoms with Crippen molar-refractivity contribution in [3.05, 3.63) is 23.5 Å². The van der Waals surface area contributed by atoms with Crippen molar-refractivity contribution in [2.24, 2.45) is 0 Å². The SMILES string of the molecule is Cc1cc(NC2CCOC(C)C2)c(C(=O)O)cn1. The molecule has 0 aromatic carbocycles. The van der Waals surface area contributed by atoms with Crippen LogP contribution < -0.4 is 5.32 Å². The summed E-state index contributed by atoms with van der Waals surface area (Å²) in [5, 5.41) is 12.4. The second-order valence-corrected chi connectivity index (χ2v) is 4.72. The standard InChI is InChI=1S/C13H18N2O3/c1-8-5-12(11(7-14-8)13(16)17)15-10-3-4-18-9(2)6-10/h5,7,9-10H,3-4,6H2,1-2H3,(H,14,15)(H,16,17). The largest absolute Gasteiger partial charge is 0.478 e. The molecule has 0 radical (unpaired) electrons. The van der Waals surface area contributed by atoms with E-state index in [4.69, 9.17) is 9.84 Å². The van der Waals surface area contributed by atoms with E-state index in [2.05, 4.69) is 10.3 Å². The Morgan fingerprint density at radius 1 is 1.61 bits per heavy atom. The summed E-state index contributed by atoms with van der Waals surface area (Å²) in [5.41, 5.74) is 1.68. The molecule has 98 valence electrons. The average Bonchev–Trinajstić information content (AvgIpc) is 2.28. The highest BCUT2D eigenvalue weighted by atomic mass is 16.5. The number of nitrogens with zero attached hydrogens (tertiary/aromatic N) is 1. The normalized spacial score (nSPS) is 23.7. The van der Waals surface area contributed by atoms with Gasteiger partial charge in [0.25, 0.3) is 0 Å². The van der Waals surface area contributed by atoms with Crippen LogP contribution in [0.1, 0.15) is 35.8 Å². The van der Waals surface area contributed by atoms with Crippen LogP contribution in [-0.2, 0) is 4.74 Å². The predicted molar refractivity (Wildman–Crippen MR) is 68.0 cm³/mol. The molecule has 0 aliphatic carbocycles. The molecule has 1 fully saturated rings. The van der Waals surface area contributed by atoms with Gasteiger partial charge in [-0.3, -0.25) is 4.98 Å². The number of aromatic carboxylic acids is 1. The number of pyridine rings is 1. The maximum absolute atomic E-state index is 11.1. The van der Waals surface area contributed by atoms with Crippen molar-refractivity contribution in [1.82, 2.24) is 4.98 Å². The van der Waals surface area contributed by atoms with Crippen LogP contribution in [0, 0.1) is 6.92 Å². The lowest BCUT2D eigenvalue weighted by molar-refractivity contribution is 0.0232. The molecule has 1 aromatic heterocycles. The second kappa shape index (κ2) is 5.35. The first-order valence-corrected chi connectivity index (χ1v) is 6.14. The van der Waals surface area contributed by atoms with Crippen LogP contribution >= 0.6 is 0 Å². The topological polar surface area (TPSA) is 71.5 Å². The minimum Gasteiger partial charge on any atom is -0.478 e. The quantitative estimate of drug-likeness (QED) is 0.859. The summed E-state index contributed by atoms with van der Waals surface area (Å²) in [6, 6.07) is 2.04. The molecule has 2 atom stereocenters. The van der Waals surface area contributed by atoms with Crippen molar-refractivity contribution in [2.45, 2.75) is 38.8 Å². The van der Waals surface area contributed by atoms with Gasteiger partial charge < -0.3 is 15.2 Å². The molecule has 0 saturated carbocycles.